The minimum absolute atomic E-state index is 0.326. The fraction of sp³-hybridized carbons (Fsp3) is 0.962. The van der Waals surface area contributed by atoms with Crippen molar-refractivity contribution in [2.75, 3.05) is 6.54 Å². The van der Waals surface area contributed by atoms with E-state index in [4.69, 9.17) is 10.8 Å². The maximum Gasteiger partial charge on any atom is 0.303 e. The molecule has 176 valence electrons. The lowest BCUT2D eigenvalue weighted by molar-refractivity contribution is -0.137. The Kier molecular flexibility index (Phi) is 29.0. The number of hydrogen-bond acceptors (Lipinski definition) is 2. The second-order valence-electron chi connectivity index (χ2n) is 9.13. The van der Waals surface area contributed by atoms with Crippen molar-refractivity contribution in [3.8, 4) is 0 Å². The van der Waals surface area contributed by atoms with E-state index in [1.54, 1.807) is 0 Å². The van der Waals surface area contributed by atoms with E-state index in [9.17, 15) is 4.79 Å². The number of carbonyl (C=O) groups is 1. The molecule has 0 rings (SSSR count). The standard InChI is InChI=1S/C18H39N.C8H16O2/c1-2-3-4-5-6-7-8-9-10-11-12-13-14-15-16-17-18-19;1-7(2)5-3-4-6-8(9)10/h2-19H2,1H3;7H,3-6H2,1-2H3,(H,9,10). The molecule has 0 aliphatic heterocycles. The molecule has 0 aromatic heterocycles. The van der Waals surface area contributed by atoms with Gasteiger partial charge in [-0.15, -0.1) is 0 Å². The Balaban J connectivity index is 0. The maximum absolute atomic E-state index is 10.0. The zero-order valence-corrected chi connectivity index (χ0v) is 20.4. The third-order valence-corrected chi connectivity index (χ3v) is 5.48. The summed E-state index contributed by atoms with van der Waals surface area (Å²) in [6.45, 7) is 7.47. The smallest absolute Gasteiger partial charge is 0.303 e. The molecule has 0 saturated heterocycles. The molecule has 0 radical (unpaired) electrons. The topological polar surface area (TPSA) is 63.3 Å². The van der Waals surface area contributed by atoms with Gasteiger partial charge in [-0.2, -0.15) is 0 Å². The summed E-state index contributed by atoms with van der Waals surface area (Å²) in [4.78, 5) is 10.0. The molecule has 3 nitrogen and oxygen atoms in total. The molecule has 0 aliphatic carbocycles. The second-order valence-corrected chi connectivity index (χ2v) is 9.13. The number of hydrogen-bond donors (Lipinski definition) is 2. The van der Waals surface area contributed by atoms with Crippen LogP contribution in [0.15, 0.2) is 0 Å². The molecule has 3 N–H and O–H groups in total. The third kappa shape index (κ3) is 35.3. The van der Waals surface area contributed by atoms with Crippen LogP contribution in [0, 0.1) is 5.92 Å². The van der Waals surface area contributed by atoms with Crippen LogP contribution in [0.2, 0.25) is 0 Å². The Bertz CT molecular complexity index is 289. The molecule has 0 unspecified atom stereocenters. The number of unbranched alkanes of at least 4 members (excludes halogenated alkanes) is 16. The van der Waals surface area contributed by atoms with Crippen LogP contribution >= 0.6 is 0 Å². The molecule has 3 heteroatoms. The Morgan fingerprint density at radius 3 is 1.34 bits per heavy atom. The molecule has 0 aliphatic rings. The van der Waals surface area contributed by atoms with Crippen LogP contribution in [-0.4, -0.2) is 17.6 Å². The van der Waals surface area contributed by atoms with Gasteiger partial charge in [0, 0.05) is 6.42 Å². The number of carboxylic acid groups (broad SMARTS) is 1. The number of nitrogens with two attached hydrogens (primary N) is 1. The van der Waals surface area contributed by atoms with Crippen LogP contribution < -0.4 is 5.73 Å². The van der Waals surface area contributed by atoms with Gasteiger partial charge in [0.05, 0.1) is 0 Å². The summed E-state index contributed by atoms with van der Waals surface area (Å²) in [7, 11) is 0. The summed E-state index contributed by atoms with van der Waals surface area (Å²) in [5, 5.41) is 8.28. The van der Waals surface area contributed by atoms with E-state index in [-0.39, 0.29) is 0 Å². The molecular formula is C26H55NO2. The van der Waals surface area contributed by atoms with Crippen molar-refractivity contribution in [3.05, 3.63) is 0 Å². The van der Waals surface area contributed by atoms with Gasteiger partial charge in [-0.25, -0.2) is 0 Å². The van der Waals surface area contributed by atoms with Crippen molar-refractivity contribution < 1.29 is 9.90 Å². The van der Waals surface area contributed by atoms with Gasteiger partial charge >= 0.3 is 5.97 Å². The van der Waals surface area contributed by atoms with Crippen LogP contribution in [0.5, 0.6) is 0 Å². The van der Waals surface area contributed by atoms with Crippen LogP contribution in [0.25, 0.3) is 0 Å². The quantitative estimate of drug-likeness (QED) is 0.185. The van der Waals surface area contributed by atoms with Crippen LogP contribution in [0.3, 0.4) is 0 Å². The Labute approximate surface area is 183 Å². The lowest BCUT2D eigenvalue weighted by Crippen LogP contribution is -1.97. The summed E-state index contributed by atoms with van der Waals surface area (Å²) in [5.41, 5.74) is 5.48. The Hall–Kier alpha value is -0.570. The van der Waals surface area contributed by atoms with E-state index in [2.05, 4.69) is 20.8 Å². The van der Waals surface area contributed by atoms with Crippen LogP contribution in [0.1, 0.15) is 149 Å². The van der Waals surface area contributed by atoms with Crippen LogP contribution in [0.4, 0.5) is 0 Å². The summed E-state index contributed by atoms with van der Waals surface area (Å²) in [6.07, 6.45) is 26.2. The highest BCUT2D eigenvalue weighted by Gasteiger charge is 1.97. The van der Waals surface area contributed by atoms with Crippen molar-refractivity contribution >= 4 is 5.97 Å². The average molecular weight is 414 g/mol. The molecule has 0 bridgehead atoms. The number of rotatable bonds is 21. The molecule has 0 atom stereocenters. The van der Waals surface area contributed by atoms with Crippen molar-refractivity contribution in [2.45, 2.75) is 149 Å². The first kappa shape index (κ1) is 30.6. The molecule has 0 aromatic rings. The van der Waals surface area contributed by atoms with E-state index in [0.717, 1.165) is 25.8 Å². The molecule has 0 amide bonds. The zero-order valence-electron chi connectivity index (χ0n) is 20.4. The van der Waals surface area contributed by atoms with E-state index < -0.39 is 5.97 Å². The molecular weight excluding hydrogens is 358 g/mol. The summed E-state index contributed by atoms with van der Waals surface area (Å²) in [6, 6.07) is 0. The Morgan fingerprint density at radius 1 is 0.655 bits per heavy atom. The van der Waals surface area contributed by atoms with E-state index in [1.807, 2.05) is 0 Å². The van der Waals surface area contributed by atoms with Crippen molar-refractivity contribution in [1.82, 2.24) is 0 Å². The largest absolute Gasteiger partial charge is 0.481 e. The van der Waals surface area contributed by atoms with Gasteiger partial charge in [-0.3, -0.25) is 4.79 Å². The minimum Gasteiger partial charge on any atom is -0.481 e. The third-order valence-electron chi connectivity index (χ3n) is 5.48. The second kappa shape index (κ2) is 27.4. The number of carboxylic acids is 1. The fourth-order valence-corrected chi connectivity index (χ4v) is 3.52. The van der Waals surface area contributed by atoms with Gasteiger partial charge in [0.2, 0.25) is 0 Å². The molecule has 0 heterocycles. The SMILES string of the molecule is CC(C)CCCCC(=O)O.CCCCCCCCCCCCCCCCCCN. The minimum atomic E-state index is -0.677. The van der Waals surface area contributed by atoms with Crippen LogP contribution in [-0.2, 0) is 4.79 Å². The van der Waals surface area contributed by atoms with E-state index >= 15 is 0 Å². The molecule has 0 fully saturated rings. The van der Waals surface area contributed by atoms with Gasteiger partial charge in [0.1, 0.15) is 0 Å². The normalized spacial score (nSPS) is 10.8. The molecule has 0 saturated carbocycles. The van der Waals surface area contributed by atoms with Gasteiger partial charge in [0.25, 0.3) is 0 Å². The average Bonchev–Trinajstić information content (AvgIpc) is 2.68. The van der Waals surface area contributed by atoms with E-state index in [0.29, 0.717) is 12.3 Å². The van der Waals surface area contributed by atoms with Crippen molar-refractivity contribution in [1.29, 1.82) is 0 Å². The summed E-state index contributed by atoms with van der Waals surface area (Å²) in [5.74, 6) is 0.0255. The van der Waals surface area contributed by atoms with Gasteiger partial charge < -0.3 is 10.8 Å². The zero-order chi connectivity index (χ0) is 22.0. The first-order chi connectivity index (χ1) is 14.0. The van der Waals surface area contributed by atoms with Crippen molar-refractivity contribution in [2.24, 2.45) is 11.7 Å². The Morgan fingerprint density at radius 2 is 1.03 bits per heavy atom. The lowest BCUT2D eigenvalue weighted by atomic mass is 10.0. The highest BCUT2D eigenvalue weighted by atomic mass is 16.4. The van der Waals surface area contributed by atoms with Crippen molar-refractivity contribution in [3.63, 3.8) is 0 Å². The summed E-state index contributed by atoms with van der Waals surface area (Å²) < 4.78 is 0. The fourth-order valence-electron chi connectivity index (χ4n) is 3.52. The predicted octanol–water partition coefficient (Wildman–Crippen LogP) is 8.49. The molecule has 29 heavy (non-hydrogen) atoms. The first-order valence-corrected chi connectivity index (χ1v) is 13.0. The van der Waals surface area contributed by atoms with Gasteiger partial charge in [0.15, 0.2) is 0 Å². The van der Waals surface area contributed by atoms with Gasteiger partial charge in [-0.05, 0) is 25.3 Å². The maximum atomic E-state index is 10.0. The summed E-state index contributed by atoms with van der Waals surface area (Å²) >= 11 is 0. The molecule has 0 aromatic carbocycles. The highest BCUT2D eigenvalue weighted by Crippen LogP contribution is 2.13. The van der Waals surface area contributed by atoms with E-state index in [1.165, 1.54) is 103 Å². The monoisotopic (exact) mass is 413 g/mol. The number of aliphatic carboxylic acids is 1. The molecule has 0 spiro atoms. The predicted molar refractivity (Wildman–Crippen MR) is 130 cm³/mol. The lowest BCUT2D eigenvalue weighted by Gasteiger charge is -2.03. The first-order valence-electron chi connectivity index (χ1n) is 13.0. The highest BCUT2D eigenvalue weighted by molar-refractivity contribution is 5.66. The van der Waals surface area contributed by atoms with Gasteiger partial charge in [-0.1, -0.05) is 130 Å².